The van der Waals surface area contributed by atoms with Crippen LogP contribution in [0.5, 0.6) is 0 Å². The molecule has 116 valence electrons. The van der Waals surface area contributed by atoms with E-state index >= 15 is 0 Å². The second-order valence-corrected chi connectivity index (χ2v) is 5.63. The van der Waals surface area contributed by atoms with Crippen LogP contribution in [-0.2, 0) is 11.3 Å². The Labute approximate surface area is 123 Å². The van der Waals surface area contributed by atoms with Gasteiger partial charge in [-0.3, -0.25) is 10.1 Å². The molecule has 2 N–H and O–H groups in total. The number of nitro groups is 1. The quantitative estimate of drug-likeness (QED) is 0.646. The standard InChI is InChI=1S/C15H21FN2O3/c16-14-5-11(6-15(7-14)18(19)20)9-21-10-13-4-2-1-3-12(13)8-17/h5-7,12-13H,1-4,8-10,17H2. The van der Waals surface area contributed by atoms with Crippen LogP contribution >= 0.6 is 0 Å². The van der Waals surface area contributed by atoms with E-state index in [4.69, 9.17) is 10.5 Å². The first-order valence-electron chi connectivity index (χ1n) is 7.32. The van der Waals surface area contributed by atoms with Crippen molar-refractivity contribution in [2.75, 3.05) is 13.2 Å². The second kappa shape index (κ2) is 7.47. The largest absolute Gasteiger partial charge is 0.376 e. The van der Waals surface area contributed by atoms with E-state index in [2.05, 4.69) is 0 Å². The highest BCUT2D eigenvalue weighted by molar-refractivity contribution is 5.34. The molecule has 0 bridgehead atoms. The minimum Gasteiger partial charge on any atom is -0.376 e. The summed E-state index contributed by atoms with van der Waals surface area (Å²) in [6, 6.07) is 3.54. The molecular formula is C15H21FN2O3. The molecule has 1 aliphatic rings. The van der Waals surface area contributed by atoms with Gasteiger partial charge in [-0.1, -0.05) is 12.8 Å². The van der Waals surface area contributed by atoms with Gasteiger partial charge in [0.2, 0.25) is 0 Å². The van der Waals surface area contributed by atoms with Crippen LogP contribution in [0.15, 0.2) is 18.2 Å². The molecule has 0 radical (unpaired) electrons. The Kier molecular flexibility index (Phi) is 5.64. The molecule has 0 aromatic heterocycles. The first-order chi connectivity index (χ1) is 10.1. The Morgan fingerprint density at radius 2 is 2.00 bits per heavy atom. The molecule has 1 aromatic carbocycles. The molecule has 1 aliphatic carbocycles. The molecule has 5 nitrogen and oxygen atoms in total. The van der Waals surface area contributed by atoms with Crippen molar-refractivity contribution in [3.8, 4) is 0 Å². The van der Waals surface area contributed by atoms with Gasteiger partial charge in [-0.15, -0.1) is 0 Å². The number of halogens is 1. The smallest absolute Gasteiger partial charge is 0.272 e. The lowest BCUT2D eigenvalue weighted by Gasteiger charge is -2.30. The van der Waals surface area contributed by atoms with Crippen molar-refractivity contribution in [3.63, 3.8) is 0 Å². The number of nitrogens with two attached hydrogens (primary N) is 1. The summed E-state index contributed by atoms with van der Waals surface area (Å²) in [6.45, 7) is 1.43. The number of benzene rings is 1. The van der Waals surface area contributed by atoms with Gasteiger partial charge >= 0.3 is 0 Å². The van der Waals surface area contributed by atoms with Crippen LogP contribution in [-0.4, -0.2) is 18.1 Å². The van der Waals surface area contributed by atoms with Gasteiger partial charge in [0.05, 0.1) is 24.2 Å². The fourth-order valence-corrected chi connectivity index (χ4v) is 2.96. The SMILES string of the molecule is NCC1CCCCC1COCc1cc(F)cc([N+](=O)[O-])c1. The van der Waals surface area contributed by atoms with Crippen molar-refractivity contribution in [2.45, 2.75) is 32.3 Å². The fraction of sp³-hybridized carbons (Fsp3) is 0.600. The molecule has 0 amide bonds. The van der Waals surface area contributed by atoms with E-state index in [9.17, 15) is 14.5 Å². The molecule has 1 aromatic rings. The number of non-ortho nitro benzene ring substituents is 1. The maximum atomic E-state index is 13.3. The highest BCUT2D eigenvalue weighted by atomic mass is 19.1. The lowest BCUT2D eigenvalue weighted by Crippen LogP contribution is -2.29. The summed E-state index contributed by atoms with van der Waals surface area (Å²) in [5, 5.41) is 10.7. The van der Waals surface area contributed by atoms with Crippen LogP contribution in [0.2, 0.25) is 0 Å². The van der Waals surface area contributed by atoms with Crippen LogP contribution < -0.4 is 5.73 Å². The van der Waals surface area contributed by atoms with Crippen molar-refractivity contribution in [1.82, 2.24) is 0 Å². The molecule has 6 heteroatoms. The van der Waals surface area contributed by atoms with Crippen LogP contribution in [0.4, 0.5) is 10.1 Å². The Hall–Kier alpha value is -1.53. The van der Waals surface area contributed by atoms with Crippen molar-refractivity contribution in [1.29, 1.82) is 0 Å². The Bertz CT molecular complexity index is 496. The summed E-state index contributed by atoms with van der Waals surface area (Å²) in [6.07, 6.45) is 4.64. The predicted molar refractivity (Wildman–Crippen MR) is 77.2 cm³/mol. The number of hydrogen-bond donors (Lipinski definition) is 1. The summed E-state index contributed by atoms with van der Waals surface area (Å²) < 4.78 is 18.9. The van der Waals surface area contributed by atoms with Crippen LogP contribution in [0, 0.1) is 27.8 Å². The molecule has 0 saturated heterocycles. The van der Waals surface area contributed by atoms with Crippen molar-refractivity contribution in [3.05, 3.63) is 39.7 Å². The van der Waals surface area contributed by atoms with Gasteiger partial charge in [-0.2, -0.15) is 0 Å². The second-order valence-electron chi connectivity index (χ2n) is 5.63. The normalized spacial score (nSPS) is 22.2. The molecular weight excluding hydrogens is 275 g/mol. The van der Waals surface area contributed by atoms with E-state index < -0.39 is 10.7 Å². The first kappa shape index (κ1) is 15.9. The molecule has 1 fully saturated rings. The zero-order valence-electron chi connectivity index (χ0n) is 12.0. The van der Waals surface area contributed by atoms with E-state index in [0.29, 0.717) is 30.6 Å². The minimum atomic E-state index is -0.611. The molecule has 0 heterocycles. The lowest BCUT2D eigenvalue weighted by atomic mass is 9.80. The van der Waals surface area contributed by atoms with Gasteiger partial charge in [-0.05, 0) is 42.9 Å². The topological polar surface area (TPSA) is 78.4 Å². The van der Waals surface area contributed by atoms with E-state index in [-0.39, 0.29) is 12.3 Å². The van der Waals surface area contributed by atoms with Gasteiger partial charge in [0, 0.05) is 6.07 Å². The van der Waals surface area contributed by atoms with Gasteiger partial charge in [0.1, 0.15) is 5.82 Å². The zero-order chi connectivity index (χ0) is 15.2. The molecule has 2 rings (SSSR count). The monoisotopic (exact) mass is 296 g/mol. The molecule has 0 aliphatic heterocycles. The lowest BCUT2D eigenvalue weighted by molar-refractivity contribution is -0.385. The van der Waals surface area contributed by atoms with Crippen LogP contribution in [0.1, 0.15) is 31.2 Å². The molecule has 0 spiro atoms. The zero-order valence-corrected chi connectivity index (χ0v) is 12.0. The van der Waals surface area contributed by atoms with E-state index in [1.165, 1.54) is 25.0 Å². The number of hydrogen-bond acceptors (Lipinski definition) is 4. The third-order valence-corrected chi connectivity index (χ3v) is 4.12. The Balaban J connectivity index is 1.89. The Morgan fingerprint density at radius 1 is 1.29 bits per heavy atom. The summed E-state index contributed by atoms with van der Waals surface area (Å²) in [5.41, 5.74) is 6.01. The number of nitrogens with zero attached hydrogens (tertiary/aromatic N) is 1. The van der Waals surface area contributed by atoms with Crippen molar-refractivity contribution < 1.29 is 14.1 Å². The molecule has 2 atom stereocenters. The van der Waals surface area contributed by atoms with Crippen LogP contribution in [0.3, 0.4) is 0 Å². The average molecular weight is 296 g/mol. The summed E-state index contributed by atoms with van der Waals surface area (Å²) in [5.74, 6) is 0.313. The van der Waals surface area contributed by atoms with Gasteiger partial charge < -0.3 is 10.5 Å². The number of ether oxygens (including phenoxy) is 1. The molecule has 2 unspecified atom stereocenters. The minimum absolute atomic E-state index is 0.187. The summed E-state index contributed by atoms with van der Waals surface area (Å²) in [4.78, 5) is 10.1. The first-order valence-corrected chi connectivity index (χ1v) is 7.32. The fourth-order valence-electron chi connectivity index (χ4n) is 2.96. The maximum absolute atomic E-state index is 13.3. The van der Waals surface area contributed by atoms with Crippen molar-refractivity contribution >= 4 is 5.69 Å². The van der Waals surface area contributed by atoms with E-state index in [0.717, 1.165) is 18.9 Å². The molecule has 1 saturated carbocycles. The summed E-state index contributed by atoms with van der Waals surface area (Å²) >= 11 is 0. The number of rotatable bonds is 6. The van der Waals surface area contributed by atoms with Gasteiger partial charge in [-0.25, -0.2) is 4.39 Å². The highest BCUT2D eigenvalue weighted by Crippen LogP contribution is 2.29. The van der Waals surface area contributed by atoms with Crippen LogP contribution in [0.25, 0.3) is 0 Å². The average Bonchev–Trinajstić information content (AvgIpc) is 2.47. The third kappa shape index (κ3) is 4.47. The molecule has 21 heavy (non-hydrogen) atoms. The predicted octanol–water partition coefficient (Wildman–Crippen LogP) is 3.02. The third-order valence-electron chi connectivity index (χ3n) is 4.12. The van der Waals surface area contributed by atoms with Crippen molar-refractivity contribution in [2.24, 2.45) is 17.6 Å². The van der Waals surface area contributed by atoms with Gasteiger partial charge in [0.25, 0.3) is 5.69 Å². The van der Waals surface area contributed by atoms with E-state index in [1.54, 1.807) is 0 Å². The van der Waals surface area contributed by atoms with Gasteiger partial charge in [0.15, 0.2) is 0 Å². The maximum Gasteiger partial charge on any atom is 0.272 e. The number of nitro benzene ring substituents is 1. The van der Waals surface area contributed by atoms with E-state index in [1.807, 2.05) is 0 Å². The Morgan fingerprint density at radius 3 is 2.67 bits per heavy atom. The highest BCUT2D eigenvalue weighted by Gasteiger charge is 2.24. The summed E-state index contributed by atoms with van der Waals surface area (Å²) in [7, 11) is 0.